The average molecular weight is 639 g/mol. The number of aromatic nitrogens is 3. The largest absolute Gasteiger partial charge is 0.496 e. The first-order chi connectivity index (χ1) is 22.4. The monoisotopic (exact) mass is 638 g/mol. The average Bonchev–Trinajstić information content (AvgIpc) is 3.39. The summed E-state index contributed by atoms with van der Waals surface area (Å²) >= 11 is 1.50. The molecular formula is C36H35FN4O4S. The Morgan fingerprint density at radius 1 is 0.935 bits per heavy atom. The molecule has 0 spiro atoms. The number of rotatable bonds is 13. The third-order valence-corrected chi connectivity index (χ3v) is 10.2. The molecule has 0 N–H and O–H groups in total. The summed E-state index contributed by atoms with van der Waals surface area (Å²) in [6.45, 7) is 4.25. The minimum atomic E-state index is -1.00. The van der Waals surface area contributed by atoms with E-state index in [1.165, 1.54) is 49.4 Å². The van der Waals surface area contributed by atoms with Gasteiger partial charge in [0.25, 0.3) is 0 Å². The summed E-state index contributed by atoms with van der Waals surface area (Å²) in [6, 6.07) is 15.6. The van der Waals surface area contributed by atoms with Crippen molar-refractivity contribution in [1.82, 2.24) is 19.4 Å². The molecule has 0 unspecified atom stereocenters. The Kier molecular flexibility index (Phi) is 8.40. The van der Waals surface area contributed by atoms with Crippen molar-refractivity contribution in [3.8, 4) is 27.8 Å². The molecule has 10 heteroatoms. The number of nitrogens with zero attached hydrogens (tertiary/aromatic N) is 4. The van der Waals surface area contributed by atoms with Gasteiger partial charge in [0.05, 0.1) is 39.6 Å². The zero-order valence-corrected chi connectivity index (χ0v) is 26.5. The molecule has 1 saturated heterocycles. The van der Waals surface area contributed by atoms with Gasteiger partial charge in [0.1, 0.15) is 11.5 Å². The number of halogens is 1. The molecule has 0 amide bonds. The van der Waals surface area contributed by atoms with Crippen LogP contribution in [0.3, 0.4) is 0 Å². The summed E-state index contributed by atoms with van der Waals surface area (Å²) in [4.78, 5) is 39.1. The molecule has 1 aliphatic carbocycles. The van der Waals surface area contributed by atoms with Crippen molar-refractivity contribution in [3.63, 3.8) is 0 Å². The van der Waals surface area contributed by atoms with E-state index in [4.69, 9.17) is 9.47 Å². The minimum Gasteiger partial charge on any atom is -0.496 e. The van der Waals surface area contributed by atoms with Crippen LogP contribution in [-0.4, -0.2) is 57.7 Å². The maximum absolute atomic E-state index is 15.3. The van der Waals surface area contributed by atoms with Crippen LogP contribution in [0.25, 0.3) is 20.8 Å². The first-order valence-corrected chi connectivity index (χ1v) is 16.5. The van der Waals surface area contributed by atoms with Gasteiger partial charge in [-0.2, -0.15) is 0 Å². The molecule has 0 bridgehead atoms. The fourth-order valence-electron chi connectivity index (χ4n) is 6.23. The van der Waals surface area contributed by atoms with E-state index in [9.17, 15) is 9.59 Å². The van der Waals surface area contributed by atoms with Crippen LogP contribution in [0.2, 0.25) is 0 Å². The van der Waals surface area contributed by atoms with Gasteiger partial charge in [-0.3, -0.25) is 14.6 Å². The number of carbonyl (C=O) groups is 2. The van der Waals surface area contributed by atoms with E-state index >= 15 is 4.39 Å². The summed E-state index contributed by atoms with van der Waals surface area (Å²) in [5, 5.41) is 0. The summed E-state index contributed by atoms with van der Waals surface area (Å²) in [6.07, 6.45) is 9.25. The Bertz CT molecular complexity index is 1910. The lowest BCUT2D eigenvalue weighted by molar-refractivity contribution is -0.133. The van der Waals surface area contributed by atoms with Crippen molar-refractivity contribution in [1.29, 1.82) is 0 Å². The molecule has 0 atom stereocenters. The van der Waals surface area contributed by atoms with Gasteiger partial charge in [0, 0.05) is 50.0 Å². The number of imidazole rings is 1. The summed E-state index contributed by atoms with van der Waals surface area (Å²) < 4.78 is 29.7. The van der Waals surface area contributed by atoms with E-state index in [1.807, 2.05) is 30.6 Å². The van der Waals surface area contributed by atoms with Crippen LogP contribution >= 0.6 is 11.3 Å². The molecule has 2 fully saturated rings. The molecule has 2 aromatic carbocycles. The van der Waals surface area contributed by atoms with Gasteiger partial charge in [-0.1, -0.05) is 24.3 Å². The van der Waals surface area contributed by atoms with Crippen molar-refractivity contribution in [2.45, 2.75) is 45.1 Å². The van der Waals surface area contributed by atoms with Crippen molar-refractivity contribution in [3.05, 3.63) is 90.3 Å². The predicted octanol–water partition coefficient (Wildman–Crippen LogP) is 6.90. The lowest BCUT2D eigenvalue weighted by atomic mass is 9.87. The molecule has 1 aliphatic heterocycles. The summed E-state index contributed by atoms with van der Waals surface area (Å²) in [7, 11) is 1.56. The Hall–Kier alpha value is -4.41. The first kappa shape index (κ1) is 30.3. The van der Waals surface area contributed by atoms with Crippen LogP contribution in [0, 0.1) is 11.2 Å². The molecule has 46 heavy (non-hydrogen) atoms. The van der Waals surface area contributed by atoms with Gasteiger partial charge in [-0.05, 0) is 68.6 Å². The Morgan fingerprint density at radius 2 is 1.74 bits per heavy atom. The Labute approximate surface area is 270 Å². The lowest BCUT2D eigenvalue weighted by Crippen LogP contribution is -2.29. The third-order valence-electron chi connectivity index (χ3n) is 9.08. The number of hydrogen-bond acceptors (Lipinski definition) is 8. The second-order valence-electron chi connectivity index (χ2n) is 12.1. The van der Waals surface area contributed by atoms with Crippen LogP contribution in [0.4, 0.5) is 4.39 Å². The number of fused-ring (bicyclic) bond motifs is 1. The molecule has 2 aliphatic rings. The van der Waals surface area contributed by atoms with E-state index in [-0.39, 0.29) is 30.2 Å². The zero-order chi connectivity index (χ0) is 31.7. The number of methoxy groups -OCH3 is 1. The molecule has 3 aromatic heterocycles. The number of benzene rings is 2. The van der Waals surface area contributed by atoms with Crippen molar-refractivity contribution in [2.24, 2.45) is 5.41 Å². The van der Waals surface area contributed by atoms with Gasteiger partial charge < -0.3 is 18.9 Å². The van der Waals surface area contributed by atoms with Crippen LogP contribution in [-0.2, 0) is 29.0 Å². The number of likely N-dealkylation sites (tertiary alicyclic amines) is 1. The number of carbonyl (C=O) groups excluding carboxylic acids is 2. The lowest BCUT2D eigenvalue weighted by Gasteiger charge is -2.15. The van der Waals surface area contributed by atoms with E-state index in [1.54, 1.807) is 31.5 Å². The number of thiophene rings is 1. The summed E-state index contributed by atoms with van der Waals surface area (Å²) in [5.41, 5.74) is 1.87. The van der Waals surface area contributed by atoms with Crippen LogP contribution in [0.15, 0.2) is 73.3 Å². The zero-order valence-electron chi connectivity index (χ0n) is 25.7. The van der Waals surface area contributed by atoms with Gasteiger partial charge >= 0.3 is 0 Å². The quantitative estimate of drug-likeness (QED) is 0.130. The van der Waals surface area contributed by atoms with E-state index in [2.05, 4.69) is 25.6 Å². The highest BCUT2D eigenvalue weighted by Gasteiger charge is 2.54. The maximum Gasteiger partial charge on any atom is 0.166 e. The van der Waals surface area contributed by atoms with Gasteiger partial charge in [0.2, 0.25) is 0 Å². The smallest absolute Gasteiger partial charge is 0.166 e. The molecule has 236 valence electrons. The molecule has 0 radical (unpaired) electrons. The standard InChI is InChI=1S/C36H35FN4O4S/c1-44-29-7-3-2-6-25(29)20-34(43)36(11-12-36)33(42)19-24-8-9-30(26(37)18-24)45-31-10-13-38-27-21-32(46-35(27)31)28-22-41(23-39-28)17-16-40-14-4-5-15-40/h2-3,6-10,13,18,21-23H,4-5,11-12,14-17,19-20H2,1H3. The first-order valence-electron chi connectivity index (χ1n) is 15.7. The second-order valence-corrected chi connectivity index (χ2v) is 13.2. The number of ketones is 2. The van der Waals surface area contributed by atoms with Crippen LogP contribution in [0.5, 0.6) is 17.2 Å². The van der Waals surface area contributed by atoms with Crippen molar-refractivity contribution < 1.29 is 23.5 Å². The highest BCUT2D eigenvalue weighted by molar-refractivity contribution is 7.22. The molecule has 4 heterocycles. The minimum absolute atomic E-state index is 0.0205. The van der Waals surface area contributed by atoms with Crippen LogP contribution < -0.4 is 9.47 Å². The van der Waals surface area contributed by atoms with Crippen molar-refractivity contribution >= 4 is 33.1 Å². The van der Waals surface area contributed by atoms with Gasteiger partial charge in [0.15, 0.2) is 23.1 Å². The number of para-hydroxylation sites is 1. The number of pyridine rings is 1. The van der Waals surface area contributed by atoms with Crippen LogP contribution in [0.1, 0.15) is 36.8 Å². The van der Waals surface area contributed by atoms with E-state index in [0.29, 0.717) is 29.9 Å². The molecule has 7 rings (SSSR count). The highest BCUT2D eigenvalue weighted by atomic mass is 32.1. The Balaban J connectivity index is 1.02. The molecule has 1 saturated carbocycles. The fourth-order valence-corrected chi connectivity index (χ4v) is 7.26. The molecular weight excluding hydrogens is 603 g/mol. The summed E-state index contributed by atoms with van der Waals surface area (Å²) in [5.74, 6) is 0.304. The molecule has 5 aromatic rings. The predicted molar refractivity (Wildman–Crippen MR) is 175 cm³/mol. The van der Waals surface area contributed by atoms with E-state index < -0.39 is 11.2 Å². The number of hydrogen-bond donors (Lipinski definition) is 0. The fraction of sp³-hybridized carbons (Fsp3) is 0.333. The Morgan fingerprint density at radius 3 is 2.52 bits per heavy atom. The second kappa shape index (κ2) is 12.8. The third kappa shape index (κ3) is 6.19. The molecule has 8 nitrogen and oxygen atoms in total. The van der Waals surface area contributed by atoms with Gasteiger partial charge in [-0.15, -0.1) is 11.3 Å². The maximum atomic E-state index is 15.3. The SMILES string of the molecule is COc1ccccc1CC(=O)C1(C(=O)Cc2ccc(Oc3ccnc4cc(-c5cn(CCN6CCCC6)cn5)sc34)c(F)c2)CC1. The highest BCUT2D eigenvalue weighted by Crippen LogP contribution is 2.49. The van der Waals surface area contributed by atoms with E-state index in [0.717, 1.165) is 39.4 Å². The number of Topliss-reactive ketones (excluding diaryl/α,β-unsaturated/α-hetero) is 2. The van der Waals surface area contributed by atoms with Gasteiger partial charge in [-0.25, -0.2) is 9.37 Å². The normalized spacial score (nSPS) is 15.7. The van der Waals surface area contributed by atoms with Crippen molar-refractivity contribution in [2.75, 3.05) is 26.7 Å². The topological polar surface area (TPSA) is 86.6 Å². The number of ether oxygens (including phenoxy) is 2.